The van der Waals surface area contributed by atoms with Gasteiger partial charge in [0.2, 0.25) is 0 Å². The average Bonchev–Trinajstić information content (AvgIpc) is 2.85. The highest BCUT2D eigenvalue weighted by Gasteiger charge is 2.16. The summed E-state index contributed by atoms with van der Waals surface area (Å²) in [5, 5.41) is 1.92. The Hall–Kier alpha value is -0.980. The lowest BCUT2D eigenvalue weighted by Gasteiger charge is -2.22. The predicted molar refractivity (Wildman–Crippen MR) is 84.8 cm³/mol. The second-order valence-electron chi connectivity index (χ2n) is 4.64. The molecular weight excluding hydrogens is 278 g/mol. The summed E-state index contributed by atoms with van der Waals surface area (Å²) in [5.74, 6) is 0.0741. The summed E-state index contributed by atoms with van der Waals surface area (Å²) in [6.07, 6.45) is 1.52. The SMILES string of the molecule is CN(C)CCCN(CCC(N)=S)C(=O)c1cccs1. The van der Waals surface area contributed by atoms with E-state index >= 15 is 0 Å². The van der Waals surface area contributed by atoms with Crippen LogP contribution in [0.25, 0.3) is 0 Å². The molecule has 0 aliphatic carbocycles. The quantitative estimate of drug-likeness (QED) is 0.744. The van der Waals surface area contributed by atoms with E-state index in [1.165, 1.54) is 11.3 Å². The Kier molecular flexibility index (Phi) is 6.97. The largest absolute Gasteiger partial charge is 0.393 e. The maximum absolute atomic E-state index is 12.3. The molecule has 0 bridgehead atoms. The van der Waals surface area contributed by atoms with E-state index in [4.69, 9.17) is 18.0 Å². The molecule has 106 valence electrons. The van der Waals surface area contributed by atoms with Gasteiger partial charge in [0.15, 0.2) is 0 Å². The van der Waals surface area contributed by atoms with Gasteiger partial charge in [0, 0.05) is 19.5 Å². The maximum atomic E-state index is 12.3. The first-order valence-corrected chi connectivity index (χ1v) is 7.55. The molecule has 0 spiro atoms. The summed E-state index contributed by atoms with van der Waals surface area (Å²) in [6, 6.07) is 3.75. The summed E-state index contributed by atoms with van der Waals surface area (Å²) in [5.41, 5.74) is 5.52. The Morgan fingerprint density at radius 1 is 1.37 bits per heavy atom. The van der Waals surface area contributed by atoms with Gasteiger partial charge in [-0.2, -0.15) is 0 Å². The lowest BCUT2D eigenvalue weighted by Crippen LogP contribution is -2.35. The lowest BCUT2D eigenvalue weighted by molar-refractivity contribution is 0.0760. The van der Waals surface area contributed by atoms with Crippen molar-refractivity contribution in [3.63, 3.8) is 0 Å². The highest BCUT2D eigenvalue weighted by Crippen LogP contribution is 2.12. The average molecular weight is 299 g/mol. The van der Waals surface area contributed by atoms with Gasteiger partial charge in [-0.05, 0) is 38.5 Å². The monoisotopic (exact) mass is 299 g/mol. The first-order chi connectivity index (χ1) is 9.00. The molecule has 0 radical (unpaired) electrons. The zero-order chi connectivity index (χ0) is 14.3. The Labute approximate surface area is 124 Å². The number of nitrogens with zero attached hydrogens (tertiary/aromatic N) is 2. The molecule has 2 N–H and O–H groups in total. The topological polar surface area (TPSA) is 49.6 Å². The number of carbonyl (C=O) groups excluding carboxylic acids is 1. The third-order valence-corrected chi connectivity index (χ3v) is 3.74. The molecule has 0 aromatic carbocycles. The van der Waals surface area contributed by atoms with Crippen LogP contribution in [0, 0.1) is 0 Å². The van der Waals surface area contributed by atoms with Gasteiger partial charge in [-0.25, -0.2) is 0 Å². The van der Waals surface area contributed by atoms with E-state index in [1.54, 1.807) is 0 Å². The van der Waals surface area contributed by atoms with Crippen LogP contribution in [0.15, 0.2) is 17.5 Å². The van der Waals surface area contributed by atoms with E-state index < -0.39 is 0 Å². The molecule has 0 saturated heterocycles. The fraction of sp³-hybridized carbons (Fsp3) is 0.538. The number of hydrogen-bond donors (Lipinski definition) is 1. The van der Waals surface area contributed by atoms with Crippen molar-refractivity contribution >= 4 is 34.5 Å². The van der Waals surface area contributed by atoms with E-state index in [1.807, 2.05) is 36.5 Å². The van der Waals surface area contributed by atoms with Crippen LogP contribution < -0.4 is 5.73 Å². The Morgan fingerprint density at radius 2 is 2.11 bits per heavy atom. The zero-order valence-corrected chi connectivity index (χ0v) is 13.1. The molecule has 1 rings (SSSR count). The highest BCUT2D eigenvalue weighted by atomic mass is 32.1. The third kappa shape index (κ3) is 6.13. The molecule has 1 heterocycles. The first-order valence-electron chi connectivity index (χ1n) is 6.26. The van der Waals surface area contributed by atoms with Crippen molar-refractivity contribution in [2.45, 2.75) is 12.8 Å². The molecule has 1 aromatic rings. The minimum Gasteiger partial charge on any atom is -0.393 e. The Bertz CT molecular complexity index is 404. The van der Waals surface area contributed by atoms with E-state index in [0.717, 1.165) is 24.4 Å². The van der Waals surface area contributed by atoms with Crippen molar-refractivity contribution < 1.29 is 4.79 Å². The highest BCUT2D eigenvalue weighted by molar-refractivity contribution is 7.80. The van der Waals surface area contributed by atoms with E-state index in [0.29, 0.717) is 18.0 Å². The number of rotatable bonds is 8. The summed E-state index contributed by atoms with van der Waals surface area (Å²) in [6.45, 7) is 2.29. The number of hydrogen-bond acceptors (Lipinski definition) is 4. The van der Waals surface area contributed by atoms with Crippen molar-refractivity contribution in [3.05, 3.63) is 22.4 Å². The van der Waals surface area contributed by atoms with Crippen molar-refractivity contribution in [2.75, 3.05) is 33.7 Å². The van der Waals surface area contributed by atoms with Gasteiger partial charge < -0.3 is 15.5 Å². The van der Waals surface area contributed by atoms with Crippen LogP contribution in [-0.4, -0.2) is 54.4 Å². The summed E-state index contributed by atoms with van der Waals surface area (Å²) >= 11 is 6.36. The smallest absolute Gasteiger partial charge is 0.263 e. The molecule has 0 fully saturated rings. The van der Waals surface area contributed by atoms with Crippen LogP contribution in [0.4, 0.5) is 0 Å². The van der Waals surface area contributed by atoms with E-state index in [9.17, 15) is 4.79 Å². The fourth-order valence-corrected chi connectivity index (χ4v) is 2.48. The molecule has 0 saturated carbocycles. The molecule has 0 atom stereocenters. The standard InChI is InChI=1S/C13H21N3OS2/c1-15(2)7-4-8-16(9-6-12(14)18)13(17)11-5-3-10-19-11/h3,5,10H,4,6-9H2,1-2H3,(H2,14,18). The van der Waals surface area contributed by atoms with Crippen molar-refractivity contribution in [1.82, 2.24) is 9.80 Å². The summed E-state index contributed by atoms with van der Waals surface area (Å²) in [4.78, 5) is 17.5. The molecule has 19 heavy (non-hydrogen) atoms. The summed E-state index contributed by atoms with van der Waals surface area (Å²) in [7, 11) is 4.06. The molecule has 1 aromatic heterocycles. The van der Waals surface area contributed by atoms with Gasteiger partial charge in [0.25, 0.3) is 5.91 Å². The van der Waals surface area contributed by atoms with Gasteiger partial charge in [-0.3, -0.25) is 4.79 Å². The number of thiocarbonyl (C=S) groups is 1. The van der Waals surface area contributed by atoms with Gasteiger partial charge in [0.05, 0.1) is 9.87 Å². The molecule has 0 aliphatic heterocycles. The minimum absolute atomic E-state index is 0.0741. The van der Waals surface area contributed by atoms with Crippen LogP contribution in [0.2, 0.25) is 0 Å². The molecule has 4 nitrogen and oxygen atoms in total. The molecule has 6 heteroatoms. The van der Waals surface area contributed by atoms with Crippen LogP contribution >= 0.6 is 23.6 Å². The van der Waals surface area contributed by atoms with Crippen LogP contribution in [0.5, 0.6) is 0 Å². The minimum atomic E-state index is 0.0741. The number of thiophene rings is 1. The number of nitrogens with two attached hydrogens (primary N) is 1. The normalized spacial score (nSPS) is 10.7. The van der Waals surface area contributed by atoms with Crippen LogP contribution in [0.3, 0.4) is 0 Å². The lowest BCUT2D eigenvalue weighted by atomic mass is 10.3. The van der Waals surface area contributed by atoms with Crippen LogP contribution in [0.1, 0.15) is 22.5 Å². The molecule has 0 unspecified atom stereocenters. The Balaban J connectivity index is 2.57. The number of carbonyl (C=O) groups is 1. The van der Waals surface area contributed by atoms with Gasteiger partial charge >= 0.3 is 0 Å². The summed E-state index contributed by atoms with van der Waals surface area (Å²) < 4.78 is 0. The second-order valence-corrected chi connectivity index (χ2v) is 6.11. The molecule has 0 aliphatic rings. The predicted octanol–water partition coefficient (Wildman–Crippen LogP) is 1.82. The van der Waals surface area contributed by atoms with Crippen molar-refractivity contribution in [2.24, 2.45) is 5.73 Å². The van der Waals surface area contributed by atoms with E-state index in [2.05, 4.69) is 4.90 Å². The van der Waals surface area contributed by atoms with Crippen molar-refractivity contribution in [1.29, 1.82) is 0 Å². The fourth-order valence-electron chi connectivity index (χ4n) is 1.69. The van der Waals surface area contributed by atoms with E-state index in [-0.39, 0.29) is 5.91 Å². The maximum Gasteiger partial charge on any atom is 0.263 e. The number of amides is 1. The van der Waals surface area contributed by atoms with Gasteiger partial charge in [0.1, 0.15) is 0 Å². The van der Waals surface area contributed by atoms with Crippen molar-refractivity contribution in [3.8, 4) is 0 Å². The Morgan fingerprint density at radius 3 is 2.63 bits per heavy atom. The third-order valence-electron chi connectivity index (χ3n) is 2.68. The molecule has 1 amide bonds. The van der Waals surface area contributed by atoms with Gasteiger partial charge in [-0.1, -0.05) is 18.3 Å². The first kappa shape index (κ1) is 16.1. The molecular formula is C13H21N3OS2. The van der Waals surface area contributed by atoms with Crippen LogP contribution in [-0.2, 0) is 0 Å². The second kappa shape index (κ2) is 8.24. The van der Waals surface area contributed by atoms with Gasteiger partial charge in [-0.15, -0.1) is 11.3 Å². The zero-order valence-electron chi connectivity index (χ0n) is 11.5.